The molecular weight excluding hydrogens is 356 g/mol. The molecule has 3 rings (SSSR count). The van der Waals surface area contributed by atoms with E-state index in [4.69, 9.17) is 9.57 Å². The Morgan fingerprint density at radius 3 is 2.85 bits per heavy atom. The van der Waals surface area contributed by atoms with E-state index >= 15 is 0 Å². The Balaban J connectivity index is 1.69. The third kappa shape index (κ3) is 4.64. The van der Waals surface area contributed by atoms with Crippen LogP contribution in [0.4, 0.5) is 10.1 Å². The average Bonchev–Trinajstić information content (AvgIpc) is 3.10. The van der Waals surface area contributed by atoms with Crippen molar-refractivity contribution in [2.45, 2.75) is 12.8 Å². The fourth-order valence-corrected chi connectivity index (χ4v) is 3.39. The molecule has 0 saturated carbocycles. The summed E-state index contributed by atoms with van der Waals surface area (Å²) >= 11 is 1.28. The van der Waals surface area contributed by atoms with E-state index in [1.54, 1.807) is 43.1 Å². The molecule has 26 heavy (non-hydrogen) atoms. The van der Waals surface area contributed by atoms with E-state index < -0.39 is 0 Å². The number of nitrogens with one attached hydrogen (secondary N) is 2. The zero-order valence-corrected chi connectivity index (χ0v) is 15.2. The minimum absolute atomic E-state index is 0.140. The van der Waals surface area contributed by atoms with Crippen LogP contribution in [-0.4, -0.2) is 37.1 Å². The molecule has 0 atom stereocenters. The van der Waals surface area contributed by atoms with Crippen molar-refractivity contribution in [3.05, 3.63) is 36.0 Å². The Morgan fingerprint density at radius 1 is 1.31 bits per heavy atom. The number of quaternary nitrogens is 1. The van der Waals surface area contributed by atoms with Crippen LogP contribution in [0.5, 0.6) is 5.75 Å². The molecule has 0 unspecified atom stereocenters. The molecule has 1 amide bonds. The van der Waals surface area contributed by atoms with Crippen LogP contribution in [0.2, 0.25) is 0 Å². The maximum atomic E-state index is 12.6. The van der Waals surface area contributed by atoms with Gasteiger partial charge in [0.2, 0.25) is 5.00 Å². The van der Waals surface area contributed by atoms with Gasteiger partial charge in [0.1, 0.15) is 11.9 Å². The summed E-state index contributed by atoms with van der Waals surface area (Å²) in [5, 5.41) is 7.16. The fraction of sp³-hybridized carbons (Fsp3) is 0.353. The van der Waals surface area contributed by atoms with E-state index in [-0.39, 0.29) is 23.5 Å². The Kier molecular flexibility index (Phi) is 6.29. The molecule has 2 heterocycles. The largest absolute Gasteiger partial charge is 0.425 e. The number of amides is 1. The summed E-state index contributed by atoms with van der Waals surface area (Å²) < 4.78 is 5.52. The molecular formula is C17H21N4O4S+. The second-order valence-corrected chi connectivity index (χ2v) is 6.88. The lowest BCUT2D eigenvalue weighted by Gasteiger charge is -2.21. The van der Waals surface area contributed by atoms with Gasteiger partial charge in [-0.15, -0.1) is 0 Å². The molecule has 1 fully saturated rings. The quantitative estimate of drug-likeness (QED) is 0.395. The molecule has 1 aromatic carbocycles. The number of esters is 1. The highest BCUT2D eigenvalue weighted by Crippen LogP contribution is 2.24. The number of nitrogens with two attached hydrogens (primary N) is 1. The Morgan fingerprint density at radius 2 is 2.08 bits per heavy atom. The summed E-state index contributed by atoms with van der Waals surface area (Å²) in [6.45, 7) is 1.60. The zero-order chi connectivity index (χ0) is 18.4. The van der Waals surface area contributed by atoms with Gasteiger partial charge in [-0.05, 0) is 49.4 Å². The number of anilines is 1. The molecule has 8 nitrogen and oxygen atoms in total. The van der Waals surface area contributed by atoms with Crippen LogP contribution in [0.1, 0.15) is 23.2 Å². The first-order valence-corrected chi connectivity index (χ1v) is 9.13. The Bertz CT molecular complexity index is 774. The van der Waals surface area contributed by atoms with Crippen molar-refractivity contribution in [2.24, 2.45) is 5.92 Å². The summed E-state index contributed by atoms with van der Waals surface area (Å²) in [7, 11) is 1.55. The first kappa shape index (κ1) is 18.5. The smallest absolute Gasteiger partial charge is 0.314 e. The van der Waals surface area contributed by atoms with Crippen molar-refractivity contribution in [3.63, 3.8) is 0 Å². The number of nitrogens with zero attached hydrogens (tertiary/aromatic N) is 1. The van der Waals surface area contributed by atoms with Crippen LogP contribution in [0, 0.1) is 5.92 Å². The van der Waals surface area contributed by atoms with E-state index in [0.29, 0.717) is 10.7 Å². The summed E-state index contributed by atoms with van der Waals surface area (Å²) in [5.41, 5.74) is 1.84. The number of hydrogen-bond donors (Lipinski definition) is 3. The van der Waals surface area contributed by atoms with Gasteiger partial charge in [-0.1, -0.05) is 12.1 Å². The second-order valence-electron chi connectivity index (χ2n) is 5.82. The third-order valence-electron chi connectivity index (χ3n) is 3.99. The predicted octanol–water partition coefficient (Wildman–Crippen LogP) is 1.06. The number of rotatable bonds is 6. The lowest BCUT2D eigenvalue weighted by atomic mass is 9.98. The standard InChI is InChI=1S/C17H20N4O4S/c1-24-21-14-10-19-17(26-14)20-15(22)12-4-2-3-5-13(12)25-16(23)11-6-8-18-9-7-11/h2-5,10-11,18,21H,6-9H2,1H3,(H,19,20,22)/p+1. The van der Waals surface area contributed by atoms with Gasteiger partial charge in [-0.25, -0.2) is 9.82 Å². The third-order valence-corrected chi connectivity index (χ3v) is 4.83. The van der Waals surface area contributed by atoms with Gasteiger partial charge in [0.25, 0.3) is 5.91 Å². The Hall–Kier alpha value is -2.33. The van der Waals surface area contributed by atoms with Crippen LogP contribution in [0.25, 0.3) is 0 Å². The zero-order valence-electron chi connectivity index (χ0n) is 14.4. The molecule has 0 spiro atoms. The monoisotopic (exact) mass is 377 g/mol. The fourth-order valence-electron chi connectivity index (χ4n) is 2.67. The summed E-state index contributed by atoms with van der Waals surface area (Å²) in [4.78, 5) is 34.0. The van der Waals surface area contributed by atoms with Gasteiger partial charge in [-0.3, -0.25) is 14.9 Å². The van der Waals surface area contributed by atoms with Crippen LogP contribution in [0.15, 0.2) is 30.5 Å². The topological polar surface area (TPSA) is 106 Å². The van der Waals surface area contributed by atoms with E-state index in [2.05, 4.69) is 15.6 Å². The van der Waals surface area contributed by atoms with Crippen molar-refractivity contribution in [1.82, 2.24) is 10.3 Å². The van der Waals surface area contributed by atoms with Crippen LogP contribution in [-0.2, 0) is 9.63 Å². The maximum absolute atomic E-state index is 12.6. The highest BCUT2D eigenvalue weighted by Gasteiger charge is 2.24. The average molecular weight is 377 g/mol. The minimum atomic E-state index is -0.378. The first-order chi connectivity index (χ1) is 12.7. The second kappa shape index (κ2) is 8.86. The number of carbonyl (C=O) groups is 2. The lowest BCUT2D eigenvalue weighted by Crippen LogP contribution is -2.75. The van der Waals surface area contributed by atoms with Crippen molar-refractivity contribution in [1.29, 1.82) is 0 Å². The molecule has 0 radical (unpaired) electrons. The number of aromatic nitrogens is 1. The predicted molar refractivity (Wildman–Crippen MR) is 96.3 cm³/mol. The maximum Gasteiger partial charge on any atom is 0.314 e. The van der Waals surface area contributed by atoms with Gasteiger partial charge in [0.15, 0.2) is 5.13 Å². The van der Waals surface area contributed by atoms with Gasteiger partial charge in [0, 0.05) is 0 Å². The SMILES string of the molecule is CO[NH2+]c1cnc(NC(=O)c2ccccc2OC(=O)C2CCNCC2)s1. The lowest BCUT2D eigenvalue weighted by molar-refractivity contribution is -0.827. The van der Waals surface area contributed by atoms with Crippen molar-refractivity contribution < 1.29 is 24.6 Å². The number of hydrogen-bond acceptors (Lipinski definition) is 7. The number of thiazole rings is 1. The molecule has 0 aliphatic carbocycles. The molecule has 1 aliphatic heterocycles. The van der Waals surface area contributed by atoms with Gasteiger partial charge in [-0.2, -0.15) is 5.48 Å². The highest BCUT2D eigenvalue weighted by atomic mass is 32.1. The van der Waals surface area contributed by atoms with E-state index in [9.17, 15) is 9.59 Å². The van der Waals surface area contributed by atoms with Crippen molar-refractivity contribution in [2.75, 3.05) is 25.5 Å². The van der Waals surface area contributed by atoms with Gasteiger partial charge < -0.3 is 10.1 Å². The molecule has 1 aliphatic rings. The number of piperidine rings is 1. The summed E-state index contributed by atoms with van der Waals surface area (Å²) in [6, 6.07) is 6.70. The van der Waals surface area contributed by atoms with E-state index in [1.165, 1.54) is 11.3 Å². The molecule has 1 saturated heterocycles. The molecule has 138 valence electrons. The van der Waals surface area contributed by atoms with E-state index in [0.717, 1.165) is 30.9 Å². The Labute approximate surface area is 154 Å². The molecule has 2 aromatic rings. The minimum Gasteiger partial charge on any atom is -0.425 e. The first-order valence-electron chi connectivity index (χ1n) is 8.32. The summed E-state index contributed by atoms with van der Waals surface area (Å²) in [5.74, 6) is -0.553. The van der Waals surface area contributed by atoms with Crippen LogP contribution >= 0.6 is 11.3 Å². The van der Waals surface area contributed by atoms with Crippen LogP contribution in [0.3, 0.4) is 0 Å². The number of para-hydroxylation sites is 1. The number of benzene rings is 1. The van der Waals surface area contributed by atoms with Gasteiger partial charge in [0.05, 0.1) is 18.6 Å². The highest BCUT2D eigenvalue weighted by molar-refractivity contribution is 7.18. The molecule has 9 heteroatoms. The normalized spacial score (nSPS) is 14.8. The van der Waals surface area contributed by atoms with E-state index in [1.807, 2.05) is 0 Å². The van der Waals surface area contributed by atoms with Crippen molar-refractivity contribution in [3.8, 4) is 5.75 Å². The van der Waals surface area contributed by atoms with Gasteiger partial charge >= 0.3 is 5.97 Å². The number of carbonyl (C=O) groups excluding carboxylic acids is 2. The van der Waals surface area contributed by atoms with Crippen LogP contribution < -0.4 is 20.9 Å². The molecule has 0 bridgehead atoms. The molecule has 4 N–H and O–H groups in total. The van der Waals surface area contributed by atoms with Crippen molar-refractivity contribution >= 4 is 33.3 Å². The molecule has 1 aromatic heterocycles. The summed E-state index contributed by atoms with van der Waals surface area (Å²) in [6.07, 6.45) is 3.09. The number of ether oxygens (including phenoxy) is 1.